The van der Waals surface area contributed by atoms with E-state index in [1.165, 1.54) is 12.8 Å². The van der Waals surface area contributed by atoms with Crippen molar-refractivity contribution in [2.24, 2.45) is 22.7 Å². The van der Waals surface area contributed by atoms with E-state index in [9.17, 15) is 9.59 Å². The molecule has 2 saturated carbocycles. The zero-order valence-electron chi connectivity index (χ0n) is 10.7. The van der Waals surface area contributed by atoms with Crippen molar-refractivity contribution in [1.82, 2.24) is 5.32 Å². The van der Waals surface area contributed by atoms with Crippen LogP contribution < -0.4 is 5.32 Å². The van der Waals surface area contributed by atoms with Gasteiger partial charge in [0.15, 0.2) is 0 Å². The van der Waals surface area contributed by atoms with E-state index < -0.39 is 17.3 Å². The molecule has 0 radical (unpaired) electrons. The van der Waals surface area contributed by atoms with Crippen LogP contribution in [0.1, 0.15) is 40.0 Å². The highest BCUT2D eigenvalue weighted by molar-refractivity contribution is 5.91. The van der Waals surface area contributed by atoms with Crippen LogP contribution in [0.4, 0.5) is 0 Å². The van der Waals surface area contributed by atoms with Gasteiger partial charge in [-0.2, -0.15) is 0 Å². The number of rotatable bonds is 5. The van der Waals surface area contributed by atoms with Crippen LogP contribution in [0.15, 0.2) is 0 Å². The Kier molecular flexibility index (Phi) is 2.71. The van der Waals surface area contributed by atoms with Gasteiger partial charge in [-0.1, -0.05) is 20.8 Å². The normalized spacial score (nSPS) is 31.7. The molecule has 0 aromatic heterocycles. The fraction of sp³-hybridized carbons (Fsp3) is 0.846. The van der Waals surface area contributed by atoms with Crippen LogP contribution in [0.3, 0.4) is 0 Å². The Hall–Kier alpha value is -1.06. The van der Waals surface area contributed by atoms with Crippen LogP contribution in [0.25, 0.3) is 0 Å². The van der Waals surface area contributed by atoms with Gasteiger partial charge in [-0.3, -0.25) is 9.59 Å². The average molecular weight is 239 g/mol. The molecule has 0 saturated heterocycles. The fourth-order valence-electron chi connectivity index (χ4n) is 2.80. The zero-order chi connectivity index (χ0) is 12.8. The van der Waals surface area contributed by atoms with Crippen LogP contribution in [-0.4, -0.2) is 23.5 Å². The molecule has 2 aliphatic carbocycles. The van der Waals surface area contributed by atoms with Crippen molar-refractivity contribution < 1.29 is 14.7 Å². The minimum Gasteiger partial charge on any atom is -0.481 e. The molecule has 0 heterocycles. The van der Waals surface area contributed by atoms with Crippen LogP contribution in [-0.2, 0) is 9.59 Å². The van der Waals surface area contributed by atoms with E-state index in [0.29, 0.717) is 12.0 Å². The Labute approximate surface area is 102 Å². The van der Waals surface area contributed by atoms with Gasteiger partial charge in [-0.25, -0.2) is 0 Å². The van der Waals surface area contributed by atoms with Crippen LogP contribution in [0.2, 0.25) is 0 Å². The van der Waals surface area contributed by atoms with Gasteiger partial charge in [-0.15, -0.1) is 0 Å². The maximum absolute atomic E-state index is 12.0. The summed E-state index contributed by atoms with van der Waals surface area (Å²) in [6, 6.07) is 0. The number of carbonyl (C=O) groups excluding carboxylic acids is 1. The highest BCUT2D eigenvalue weighted by Crippen LogP contribution is 2.58. The predicted octanol–water partition coefficient (Wildman–Crippen LogP) is 1.65. The van der Waals surface area contributed by atoms with Gasteiger partial charge in [0, 0.05) is 6.54 Å². The van der Waals surface area contributed by atoms with Gasteiger partial charge in [0.1, 0.15) is 0 Å². The summed E-state index contributed by atoms with van der Waals surface area (Å²) in [7, 11) is 0. The lowest BCUT2D eigenvalue weighted by Crippen LogP contribution is -2.32. The number of aliphatic carboxylic acids is 1. The fourth-order valence-corrected chi connectivity index (χ4v) is 2.80. The molecule has 2 atom stereocenters. The smallest absolute Gasteiger partial charge is 0.307 e. The van der Waals surface area contributed by atoms with E-state index in [2.05, 4.69) is 12.2 Å². The van der Waals surface area contributed by atoms with E-state index in [1.54, 1.807) is 0 Å². The highest BCUT2D eigenvalue weighted by atomic mass is 16.4. The molecule has 0 bridgehead atoms. The van der Waals surface area contributed by atoms with Gasteiger partial charge < -0.3 is 10.4 Å². The Morgan fingerprint density at radius 2 is 1.88 bits per heavy atom. The predicted molar refractivity (Wildman–Crippen MR) is 63.4 cm³/mol. The Balaban J connectivity index is 1.88. The third-order valence-corrected chi connectivity index (χ3v) is 4.72. The number of hydrogen-bond acceptors (Lipinski definition) is 2. The molecule has 2 fully saturated rings. The summed E-state index contributed by atoms with van der Waals surface area (Å²) in [5, 5.41) is 12.0. The van der Waals surface area contributed by atoms with E-state index in [0.717, 1.165) is 6.42 Å². The quantitative estimate of drug-likeness (QED) is 0.766. The highest BCUT2D eigenvalue weighted by Gasteiger charge is 2.66. The van der Waals surface area contributed by atoms with Crippen molar-refractivity contribution in [2.75, 3.05) is 6.54 Å². The van der Waals surface area contributed by atoms with Gasteiger partial charge in [-0.05, 0) is 30.1 Å². The van der Waals surface area contributed by atoms with E-state index in [-0.39, 0.29) is 11.8 Å². The summed E-state index contributed by atoms with van der Waals surface area (Å²) in [6.07, 6.45) is 3.45. The van der Waals surface area contributed by atoms with E-state index >= 15 is 0 Å². The van der Waals surface area contributed by atoms with Crippen molar-refractivity contribution in [3.05, 3.63) is 0 Å². The molecule has 2 unspecified atom stereocenters. The lowest BCUT2D eigenvalue weighted by atomic mass is 10.0. The van der Waals surface area contributed by atoms with Crippen LogP contribution >= 0.6 is 0 Å². The first-order valence-corrected chi connectivity index (χ1v) is 6.34. The first-order valence-electron chi connectivity index (χ1n) is 6.34. The molecule has 2 rings (SSSR count). The number of amides is 1. The molecule has 2 N–H and O–H groups in total. The van der Waals surface area contributed by atoms with Crippen molar-refractivity contribution in [1.29, 1.82) is 0 Å². The number of carboxylic acid groups (broad SMARTS) is 1. The van der Waals surface area contributed by atoms with Crippen molar-refractivity contribution >= 4 is 11.9 Å². The van der Waals surface area contributed by atoms with Crippen LogP contribution in [0, 0.1) is 22.7 Å². The van der Waals surface area contributed by atoms with Crippen molar-refractivity contribution in [3.8, 4) is 0 Å². The second-order valence-electron chi connectivity index (χ2n) is 6.19. The van der Waals surface area contributed by atoms with Gasteiger partial charge in [0.05, 0.1) is 11.8 Å². The third-order valence-electron chi connectivity index (χ3n) is 4.72. The van der Waals surface area contributed by atoms with Gasteiger partial charge in [0.2, 0.25) is 5.91 Å². The van der Waals surface area contributed by atoms with Gasteiger partial charge in [0.25, 0.3) is 0 Å². The molecule has 0 aromatic rings. The van der Waals surface area contributed by atoms with E-state index in [1.807, 2.05) is 13.8 Å². The standard InChI is InChI=1S/C13H21NO3/c1-4-13(5-6-13)7-14-10(15)8-9(11(16)17)12(8,2)3/h8-9H,4-7H2,1-3H3,(H,14,15)(H,16,17). The summed E-state index contributed by atoms with van der Waals surface area (Å²) in [5.41, 5.74) is -0.0771. The summed E-state index contributed by atoms with van der Waals surface area (Å²) < 4.78 is 0. The molecule has 2 aliphatic rings. The minimum atomic E-state index is -0.855. The van der Waals surface area contributed by atoms with Crippen LogP contribution in [0.5, 0.6) is 0 Å². The molecule has 0 aromatic carbocycles. The molecule has 1 amide bonds. The monoisotopic (exact) mass is 239 g/mol. The molecular formula is C13H21NO3. The molecule has 96 valence electrons. The third kappa shape index (κ3) is 2.05. The maximum atomic E-state index is 12.0. The molecular weight excluding hydrogens is 218 g/mol. The first-order chi connectivity index (χ1) is 7.84. The average Bonchev–Trinajstić information content (AvgIpc) is 3.11. The first kappa shape index (κ1) is 12.4. The SMILES string of the molecule is CCC1(CNC(=O)C2C(C(=O)O)C2(C)C)CC1. The molecule has 17 heavy (non-hydrogen) atoms. The second-order valence-corrected chi connectivity index (χ2v) is 6.19. The minimum absolute atomic E-state index is 0.0814. The lowest BCUT2D eigenvalue weighted by molar-refractivity contribution is -0.140. The summed E-state index contributed by atoms with van der Waals surface area (Å²) in [6.45, 7) is 6.55. The summed E-state index contributed by atoms with van der Waals surface area (Å²) in [4.78, 5) is 22.9. The Morgan fingerprint density at radius 1 is 1.29 bits per heavy atom. The molecule has 0 aliphatic heterocycles. The molecule has 0 spiro atoms. The number of nitrogens with one attached hydrogen (secondary N) is 1. The topological polar surface area (TPSA) is 66.4 Å². The largest absolute Gasteiger partial charge is 0.481 e. The summed E-state index contributed by atoms with van der Waals surface area (Å²) in [5.74, 6) is -1.80. The van der Waals surface area contributed by atoms with Crippen molar-refractivity contribution in [3.63, 3.8) is 0 Å². The Morgan fingerprint density at radius 3 is 2.24 bits per heavy atom. The van der Waals surface area contributed by atoms with Gasteiger partial charge >= 0.3 is 5.97 Å². The molecule has 4 heteroatoms. The van der Waals surface area contributed by atoms with Crippen molar-refractivity contribution in [2.45, 2.75) is 40.0 Å². The van der Waals surface area contributed by atoms with E-state index in [4.69, 9.17) is 5.11 Å². The maximum Gasteiger partial charge on any atom is 0.307 e. The number of carboxylic acids is 1. The number of hydrogen-bond donors (Lipinski definition) is 2. The zero-order valence-corrected chi connectivity index (χ0v) is 10.7. The second kappa shape index (κ2) is 3.72. The number of carbonyl (C=O) groups is 2. The lowest BCUT2D eigenvalue weighted by Gasteiger charge is -2.13. The Bertz CT molecular complexity index is 358. The molecule has 4 nitrogen and oxygen atoms in total. The summed E-state index contributed by atoms with van der Waals surface area (Å²) >= 11 is 0.